The maximum atomic E-state index is 12.4. The van der Waals surface area contributed by atoms with Crippen molar-refractivity contribution in [3.05, 3.63) is 29.8 Å². The topological polar surface area (TPSA) is 46.2 Å². The highest BCUT2D eigenvalue weighted by molar-refractivity contribution is 6.47. The highest BCUT2D eigenvalue weighted by Gasteiger charge is 2.40. The van der Waals surface area contributed by atoms with Gasteiger partial charge in [-0.05, 0) is 31.2 Å². The second-order valence-corrected chi connectivity index (χ2v) is 5.81. The molecule has 0 heterocycles. The molecule has 0 saturated heterocycles. The Labute approximate surface area is 125 Å². The Morgan fingerprint density at radius 2 is 1.62 bits per heavy atom. The largest absolute Gasteiger partial charge is 0.416 e. The first kappa shape index (κ1) is 17.5. The molecule has 0 fully saturated rings. The number of carbonyl (C=O) groups is 2. The minimum absolute atomic E-state index is 0.136. The van der Waals surface area contributed by atoms with Gasteiger partial charge in [0.25, 0.3) is 5.91 Å². The van der Waals surface area contributed by atoms with Crippen LogP contribution in [0.3, 0.4) is 0 Å². The van der Waals surface area contributed by atoms with Gasteiger partial charge >= 0.3 is 6.18 Å². The molecule has 3 nitrogen and oxygen atoms in total. The van der Waals surface area contributed by atoms with Crippen LogP contribution in [0, 0.1) is 5.92 Å². The number of anilines is 1. The zero-order chi connectivity index (χ0) is 16.4. The Kier molecular flexibility index (Phi) is 5.04. The van der Waals surface area contributed by atoms with Gasteiger partial charge in [-0.2, -0.15) is 13.2 Å². The normalized spacial score (nSPS) is 14.7. The summed E-state index contributed by atoms with van der Waals surface area (Å²) in [4.78, 5) is 22.0. The van der Waals surface area contributed by atoms with Crippen molar-refractivity contribution in [1.82, 2.24) is 0 Å². The molecule has 1 N–H and O–H groups in total. The third-order valence-corrected chi connectivity index (χ3v) is 3.24. The quantitative estimate of drug-likeness (QED) is 0.676. The van der Waals surface area contributed by atoms with Crippen molar-refractivity contribution in [3.8, 4) is 0 Å². The Balaban J connectivity index is 2.87. The second-order valence-electron chi connectivity index (χ2n) is 5.05. The van der Waals surface area contributed by atoms with Gasteiger partial charge in [-0.25, -0.2) is 0 Å². The van der Waals surface area contributed by atoms with Crippen LogP contribution in [-0.4, -0.2) is 16.6 Å². The fourth-order valence-electron chi connectivity index (χ4n) is 1.65. The first-order valence-electron chi connectivity index (χ1n) is 6.18. The van der Waals surface area contributed by atoms with Gasteiger partial charge in [0.15, 0.2) is 10.7 Å². The lowest BCUT2D eigenvalue weighted by atomic mass is 9.95. The van der Waals surface area contributed by atoms with Crippen molar-refractivity contribution in [2.24, 2.45) is 5.92 Å². The van der Waals surface area contributed by atoms with Crippen molar-refractivity contribution in [1.29, 1.82) is 0 Å². The summed E-state index contributed by atoms with van der Waals surface area (Å²) in [5.74, 6) is -1.68. The molecular formula is C14H15ClF3NO2. The minimum atomic E-state index is -4.45. The van der Waals surface area contributed by atoms with Crippen molar-refractivity contribution in [3.63, 3.8) is 0 Å². The van der Waals surface area contributed by atoms with E-state index in [1.54, 1.807) is 13.8 Å². The first-order chi connectivity index (χ1) is 9.46. The predicted molar refractivity (Wildman–Crippen MR) is 74.2 cm³/mol. The smallest absolute Gasteiger partial charge is 0.324 e. The highest BCUT2D eigenvalue weighted by Crippen LogP contribution is 2.30. The number of nitrogens with one attached hydrogen (secondary N) is 1. The molecule has 1 aromatic rings. The Morgan fingerprint density at radius 1 is 1.14 bits per heavy atom. The minimum Gasteiger partial charge on any atom is -0.324 e. The van der Waals surface area contributed by atoms with Crippen LogP contribution in [0.1, 0.15) is 26.3 Å². The summed E-state index contributed by atoms with van der Waals surface area (Å²) in [7, 11) is 0. The number of hydrogen-bond donors (Lipinski definition) is 1. The summed E-state index contributed by atoms with van der Waals surface area (Å²) >= 11 is 5.94. The van der Waals surface area contributed by atoms with Gasteiger partial charge < -0.3 is 5.32 Å². The van der Waals surface area contributed by atoms with Gasteiger partial charge in [0.1, 0.15) is 0 Å². The van der Waals surface area contributed by atoms with Crippen LogP contribution >= 0.6 is 11.6 Å². The van der Waals surface area contributed by atoms with Crippen LogP contribution < -0.4 is 5.32 Å². The molecule has 0 spiro atoms. The van der Waals surface area contributed by atoms with Crippen LogP contribution in [0.15, 0.2) is 24.3 Å². The molecule has 1 atom stereocenters. The van der Waals surface area contributed by atoms with E-state index in [0.717, 1.165) is 24.3 Å². The van der Waals surface area contributed by atoms with Crippen molar-refractivity contribution in [2.75, 3.05) is 5.32 Å². The van der Waals surface area contributed by atoms with Gasteiger partial charge in [0.2, 0.25) is 0 Å². The molecule has 1 rings (SSSR count). The Hall–Kier alpha value is -1.56. The molecule has 0 bridgehead atoms. The van der Waals surface area contributed by atoms with Crippen LogP contribution in [0.5, 0.6) is 0 Å². The van der Waals surface area contributed by atoms with Crippen LogP contribution in [0.4, 0.5) is 18.9 Å². The lowest BCUT2D eigenvalue weighted by Gasteiger charge is -2.21. The summed E-state index contributed by atoms with van der Waals surface area (Å²) in [6.07, 6.45) is -4.45. The average Bonchev–Trinajstić information content (AvgIpc) is 2.37. The molecule has 0 aliphatic rings. The average molecular weight is 322 g/mol. The number of carbonyl (C=O) groups excluding carboxylic acids is 2. The molecular weight excluding hydrogens is 307 g/mol. The van der Waals surface area contributed by atoms with E-state index < -0.39 is 34.2 Å². The number of amides is 1. The molecule has 0 saturated carbocycles. The molecule has 0 radical (unpaired) electrons. The summed E-state index contributed by atoms with van der Waals surface area (Å²) < 4.78 is 37.2. The number of alkyl halides is 4. The van der Waals surface area contributed by atoms with E-state index in [0.29, 0.717) is 0 Å². The van der Waals surface area contributed by atoms with Gasteiger partial charge in [0, 0.05) is 11.6 Å². The molecule has 0 aliphatic heterocycles. The monoisotopic (exact) mass is 321 g/mol. The van der Waals surface area contributed by atoms with E-state index in [1.165, 1.54) is 6.92 Å². The standard InChI is InChI=1S/C14H15ClF3NO2/c1-8(2)11(20)13(3,15)12(21)19-10-6-4-9(5-7-10)14(16,17)18/h4-8H,1-3H3,(H,19,21). The van der Waals surface area contributed by atoms with Crippen molar-refractivity contribution < 1.29 is 22.8 Å². The summed E-state index contributed by atoms with van der Waals surface area (Å²) in [5.41, 5.74) is -0.691. The number of rotatable bonds is 4. The molecule has 116 valence electrons. The van der Waals surface area contributed by atoms with E-state index in [-0.39, 0.29) is 5.69 Å². The number of hydrogen-bond acceptors (Lipinski definition) is 2. The summed E-state index contributed by atoms with van der Waals surface area (Å²) in [6, 6.07) is 3.89. The zero-order valence-corrected chi connectivity index (χ0v) is 12.5. The van der Waals surface area contributed by atoms with Crippen molar-refractivity contribution >= 4 is 29.0 Å². The lowest BCUT2D eigenvalue weighted by molar-refractivity contribution is -0.137. The number of Topliss-reactive ketones (excluding diaryl/α,β-unsaturated/α-hetero) is 1. The highest BCUT2D eigenvalue weighted by atomic mass is 35.5. The van der Waals surface area contributed by atoms with E-state index >= 15 is 0 Å². The fraction of sp³-hybridized carbons (Fsp3) is 0.429. The fourth-order valence-corrected chi connectivity index (χ4v) is 1.91. The van der Waals surface area contributed by atoms with E-state index in [9.17, 15) is 22.8 Å². The third kappa shape index (κ3) is 4.20. The third-order valence-electron chi connectivity index (χ3n) is 2.88. The predicted octanol–water partition coefficient (Wildman–Crippen LogP) is 3.87. The SMILES string of the molecule is CC(C)C(=O)C(C)(Cl)C(=O)Nc1ccc(C(F)(F)F)cc1. The Morgan fingerprint density at radius 3 is 2.00 bits per heavy atom. The molecule has 21 heavy (non-hydrogen) atoms. The van der Waals surface area contributed by atoms with E-state index in [1.807, 2.05) is 0 Å². The van der Waals surface area contributed by atoms with E-state index in [2.05, 4.69) is 5.32 Å². The lowest BCUT2D eigenvalue weighted by Crippen LogP contribution is -2.44. The molecule has 1 aromatic carbocycles. The molecule has 0 aliphatic carbocycles. The van der Waals surface area contributed by atoms with E-state index in [4.69, 9.17) is 11.6 Å². The molecule has 7 heteroatoms. The van der Waals surface area contributed by atoms with Gasteiger partial charge in [-0.15, -0.1) is 11.6 Å². The van der Waals surface area contributed by atoms with Crippen molar-refractivity contribution in [2.45, 2.75) is 31.8 Å². The summed E-state index contributed by atoms with van der Waals surface area (Å²) in [6.45, 7) is 4.47. The summed E-state index contributed by atoms with van der Waals surface area (Å²) in [5, 5.41) is 2.34. The number of halogens is 4. The van der Waals surface area contributed by atoms with Crippen LogP contribution in [-0.2, 0) is 15.8 Å². The van der Waals surface area contributed by atoms with Gasteiger partial charge in [0.05, 0.1) is 5.56 Å². The number of ketones is 1. The second kappa shape index (κ2) is 6.05. The zero-order valence-electron chi connectivity index (χ0n) is 11.7. The maximum absolute atomic E-state index is 12.4. The maximum Gasteiger partial charge on any atom is 0.416 e. The van der Waals surface area contributed by atoms with Gasteiger partial charge in [-0.3, -0.25) is 9.59 Å². The molecule has 1 unspecified atom stereocenters. The first-order valence-corrected chi connectivity index (χ1v) is 6.56. The number of benzene rings is 1. The molecule has 1 amide bonds. The molecule has 0 aromatic heterocycles. The van der Waals surface area contributed by atoms with Crippen LogP contribution in [0.2, 0.25) is 0 Å². The Bertz CT molecular complexity index is 536. The van der Waals surface area contributed by atoms with Crippen LogP contribution in [0.25, 0.3) is 0 Å². The van der Waals surface area contributed by atoms with Gasteiger partial charge in [-0.1, -0.05) is 13.8 Å².